The maximum atomic E-state index is 13.5. The SMILES string of the molecule is CCCCCCCCC1OOC(CCCCCCCC(=O)OCC(COC(=O)CCCCCCCC2OOC(CCCCCCCC)O2)C(=O)CCCCCCCC2OOC(CCCCCCCC)O2)O1. The fraction of sp³-hybridized carbons (Fsp3) is 0.947. The average molecular weight is 1010 g/mol. The number of hydrogen-bond donors (Lipinski definition) is 0. The normalized spacial score (nSPS) is 21.6. The van der Waals surface area contributed by atoms with Gasteiger partial charge in [0.25, 0.3) is 0 Å². The van der Waals surface area contributed by atoms with Crippen LogP contribution in [0.25, 0.3) is 0 Å². The van der Waals surface area contributed by atoms with Crippen molar-refractivity contribution < 1.29 is 67.4 Å². The molecule has 3 rings (SSSR count). The Labute approximate surface area is 431 Å². The number of unbranched alkanes of at least 4 members (excludes halogenated alkanes) is 27. The lowest BCUT2D eigenvalue weighted by Gasteiger charge is -2.17. The van der Waals surface area contributed by atoms with Crippen LogP contribution < -0.4 is 0 Å². The summed E-state index contributed by atoms with van der Waals surface area (Å²) >= 11 is 0. The zero-order valence-corrected chi connectivity index (χ0v) is 45.4. The molecule has 3 aliphatic rings. The molecular weight excluding hydrogens is 909 g/mol. The quantitative estimate of drug-likeness (QED) is 0.0323. The van der Waals surface area contributed by atoms with E-state index in [1.165, 1.54) is 96.3 Å². The maximum Gasteiger partial charge on any atom is 0.305 e. The second kappa shape index (κ2) is 44.5. The highest BCUT2D eigenvalue weighted by molar-refractivity contribution is 5.82. The van der Waals surface area contributed by atoms with Crippen LogP contribution in [0.4, 0.5) is 0 Å². The summed E-state index contributed by atoms with van der Waals surface area (Å²) in [6.07, 6.45) is 40.2. The molecule has 6 atom stereocenters. The van der Waals surface area contributed by atoms with E-state index >= 15 is 0 Å². The lowest BCUT2D eigenvalue weighted by atomic mass is 9.99. The number of carbonyl (C=O) groups excluding carboxylic acids is 3. The van der Waals surface area contributed by atoms with Crippen LogP contribution in [0.5, 0.6) is 0 Å². The Morgan fingerprint density at radius 3 is 0.803 bits per heavy atom. The van der Waals surface area contributed by atoms with Crippen LogP contribution >= 0.6 is 0 Å². The van der Waals surface area contributed by atoms with E-state index in [4.69, 9.17) is 53.0 Å². The summed E-state index contributed by atoms with van der Waals surface area (Å²) < 4.78 is 29.0. The Morgan fingerprint density at radius 2 is 0.535 bits per heavy atom. The third-order valence-electron chi connectivity index (χ3n) is 14.0. The number of esters is 2. The zero-order chi connectivity index (χ0) is 50.7. The molecule has 3 fully saturated rings. The van der Waals surface area contributed by atoms with Crippen LogP contribution in [0.15, 0.2) is 0 Å². The van der Waals surface area contributed by atoms with Gasteiger partial charge in [-0.3, -0.25) is 14.4 Å². The summed E-state index contributed by atoms with van der Waals surface area (Å²) in [5.41, 5.74) is 0. The summed E-state index contributed by atoms with van der Waals surface area (Å²) in [5.74, 6) is -1.35. The first-order chi connectivity index (χ1) is 34.9. The molecule has 0 radical (unpaired) electrons. The van der Waals surface area contributed by atoms with Gasteiger partial charge in [0.1, 0.15) is 19.0 Å². The molecule has 14 heteroatoms. The Hall–Kier alpha value is -1.75. The molecule has 71 heavy (non-hydrogen) atoms. The third-order valence-corrected chi connectivity index (χ3v) is 14.0. The number of carbonyl (C=O) groups is 3. The fourth-order valence-electron chi connectivity index (χ4n) is 9.32. The average Bonchev–Trinajstić information content (AvgIpc) is 4.16. The molecule has 0 spiro atoms. The van der Waals surface area contributed by atoms with Gasteiger partial charge < -0.3 is 23.7 Å². The number of rotatable bonds is 50. The summed E-state index contributed by atoms with van der Waals surface area (Å²) in [6.45, 7) is 6.55. The predicted octanol–water partition coefficient (Wildman–Crippen LogP) is 15.6. The van der Waals surface area contributed by atoms with E-state index in [1.54, 1.807) is 0 Å². The first-order valence-corrected chi connectivity index (χ1v) is 29.7. The van der Waals surface area contributed by atoms with Gasteiger partial charge in [-0.1, -0.05) is 175 Å². The van der Waals surface area contributed by atoms with Gasteiger partial charge in [0.2, 0.25) is 0 Å². The first kappa shape index (κ1) is 63.5. The largest absolute Gasteiger partial charge is 0.465 e. The van der Waals surface area contributed by atoms with Crippen LogP contribution in [-0.4, -0.2) is 68.7 Å². The Kier molecular flexibility index (Phi) is 39.9. The lowest BCUT2D eigenvalue weighted by molar-refractivity contribution is -0.298. The molecule has 3 saturated heterocycles. The number of ether oxygens (including phenoxy) is 5. The van der Waals surface area contributed by atoms with Gasteiger partial charge in [-0.2, -0.15) is 0 Å². The fourth-order valence-corrected chi connectivity index (χ4v) is 9.32. The standard InChI is InChI=1S/C57H104O14/c1-4-7-10-13-22-31-40-52-63-55(69-66-52)43-34-25-16-19-28-37-49(58)48(46-61-50(59)38-29-20-17-26-35-44-56-64-53(67-70-56)41-32-23-14-11-8-5-2)47-62-51(60)39-30-21-18-27-36-45-57-65-54(68-71-57)42-33-24-15-12-9-6-3/h48,52-57H,4-47H2,1-3H3. The molecule has 3 aliphatic heterocycles. The molecule has 0 bridgehead atoms. The van der Waals surface area contributed by atoms with E-state index in [1.807, 2.05) is 0 Å². The molecule has 0 N–H and O–H groups in total. The maximum absolute atomic E-state index is 13.5. The van der Waals surface area contributed by atoms with Crippen molar-refractivity contribution in [3.8, 4) is 0 Å². The highest BCUT2D eigenvalue weighted by Crippen LogP contribution is 2.26. The predicted molar refractivity (Wildman–Crippen MR) is 274 cm³/mol. The highest BCUT2D eigenvalue weighted by Gasteiger charge is 2.29. The molecule has 416 valence electrons. The van der Waals surface area contributed by atoms with Crippen LogP contribution in [0.3, 0.4) is 0 Å². The van der Waals surface area contributed by atoms with Gasteiger partial charge in [-0.05, 0) is 57.8 Å². The Bertz CT molecular complexity index is 1210. The van der Waals surface area contributed by atoms with Crippen molar-refractivity contribution in [1.82, 2.24) is 0 Å². The molecule has 0 aromatic rings. The molecule has 0 aliphatic carbocycles. The van der Waals surface area contributed by atoms with E-state index in [-0.39, 0.29) is 68.7 Å². The molecule has 3 heterocycles. The minimum atomic E-state index is -0.673. The second-order valence-electron chi connectivity index (χ2n) is 20.7. The molecule has 6 unspecified atom stereocenters. The minimum Gasteiger partial charge on any atom is -0.465 e. The van der Waals surface area contributed by atoms with Gasteiger partial charge in [0, 0.05) is 57.8 Å². The number of ketones is 1. The van der Waals surface area contributed by atoms with E-state index in [9.17, 15) is 14.4 Å². The molecule has 0 amide bonds. The second-order valence-corrected chi connectivity index (χ2v) is 20.7. The van der Waals surface area contributed by atoms with Crippen molar-refractivity contribution in [1.29, 1.82) is 0 Å². The van der Waals surface area contributed by atoms with Crippen molar-refractivity contribution >= 4 is 17.7 Å². The first-order valence-electron chi connectivity index (χ1n) is 29.7. The monoisotopic (exact) mass is 1010 g/mol. The topological polar surface area (TPSA) is 153 Å². The van der Waals surface area contributed by atoms with Crippen molar-refractivity contribution in [3.63, 3.8) is 0 Å². The van der Waals surface area contributed by atoms with Crippen LogP contribution in [0.2, 0.25) is 0 Å². The lowest BCUT2D eigenvalue weighted by Crippen LogP contribution is -2.28. The van der Waals surface area contributed by atoms with Crippen LogP contribution in [0.1, 0.15) is 290 Å². The van der Waals surface area contributed by atoms with Gasteiger partial charge in [-0.25, -0.2) is 29.3 Å². The van der Waals surface area contributed by atoms with E-state index in [0.717, 1.165) is 141 Å². The van der Waals surface area contributed by atoms with Crippen molar-refractivity contribution in [2.45, 2.75) is 328 Å². The molecule has 0 aromatic carbocycles. The molecule has 14 nitrogen and oxygen atoms in total. The van der Waals surface area contributed by atoms with E-state index < -0.39 is 5.92 Å². The summed E-state index contributed by atoms with van der Waals surface area (Å²) in [4.78, 5) is 71.4. The smallest absolute Gasteiger partial charge is 0.305 e. The number of hydrogen-bond acceptors (Lipinski definition) is 14. The number of Topliss-reactive ketones (excluding diaryl/α,β-unsaturated/α-hetero) is 1. The highest BCUT2D eigenvalue weighted by atomic mass is 17.3. The summed E-state index contributed by atoms with van der Waals surface area (Å²) in [5, 5.41) is 0. The van der Waals surface area contributed by atoms with Gasteiger partial charge >= 0.3 is 11.9 Å². The van der Waals surface area contributed by atoms with Gasteiger partial charge in [-0.15, -0.1) is 0 Å². The molecule has 0 aromatic heterocycles. The van der Waals surface area contributed by atoms with Crippen molar-refractivity contribution in [2.24, 2.45) is 5.92 Å². The van der Waals surface area contributed by atoms with Crippen LogP contribution in [0, 0.1) is 5.92 Å². The van der Waals surface area contributed by atoms with Gasteiger partial charge in [0.05, 0.1) is 5.92 Å². The zero-order valence-electron chi connectivity index (χ0n) is 45.4. The van der Waals surface area contributed by atoms with E-state index in [0.29, 0.717) is 32.1 Å². The Balaban J connectivity index is 1.26. The minimum absolute atomic E-state index is 0.0318. The Morgan fingerprint density at radius 1 is 0.310 bits per heavy atom. The molecule has 0 saturated carbocycles. The van der Waals surface area contributed by atoms with Crippen LogP contribution in [-0.2, 0) is 67.4 Å². The van der Waals surface area contributed by atoms with E-state index in [2.05, 4.69) is 20.8 Å². The van der Waals surface area contributed by atoms with Crippen molar-refractivity contribution in [3.05, 3.63) is 0 Å². The third kappa shape index (κ3) is 34.4. The van der Waals surface area contributed by atoms with Crippen molar-refractivity contribution in [2.75, 3.05) is 13.2 Å². The summed E-state index contributed by atoms with van der Waals surface area (Å²) in [6, 6.07) is 0. The summed E-state index contributed by atoms with van der Waals surface area (Å²) in [7, 11) is 0. The molecular formula is C57H104O14. The van der Waals surface area contributed by atoms with Gasteiger partial charge in [0.15, 0.2) is 37.7 Å².